The molecule has 1 saturated heterocycles. The number of rotatable bonds is 3. The Morgan fingerprint density at radius 1 is 1.10 bits per heavy atom. The second kappa shape index (κ2) is 5.34. The summed E-state index contributed by atoms with van der Waals surface area (Å²) in [6.07, 6.45) is 7.92. The van der Waals surface area contributed by atoms with E-state index in [0.29, 0.717) is 5.92 Å². The van der Waals surface area contributed by atoms with Crippen LogP contribution in [0, 0.1) is 5.92 Å². The molecule has 1 aromatic heterocycles. The fourth-order valence-electron chi connectivity index (χ4n) is 1.98. The first kappa shape index (κ1) is 15.3. The highest BCUT2D eigenvalue weighted by molar-refractivity contribution is 6.62. The SMILES string of the molecule is CC(C)/C=C/c1cncc(B2OC(C)(C)C(C)(C)O2)c1. The van der Waals surface area contributed by atoms with Crippen molar-refractivity contribution in [1.82, 2.24) is 4.98 Å². The van der Waals surface area contributed by atoms with Crippen LogP contribution in [0.5, 0.6) is 0 Å². The van der Waals surface area contributed by atoms with E-state index in [0.717, 1.165) is 11.0 Å². The molecule has 1 aromatic rings. The van der Waals surface area contributed by atoms with E-state index < -0.39 is 0 Å². The van der Waals surface area contributed by atoms with Crippen molar-refractivity contribution in [3.63, 3.8) is 0 Å². The fraction of sp³-hybridized carbons (Fsp3) is 0.562. The minimum Gasteiger partial charge on any atom is -0.399 e. The molecule has 0 aliphatic carbocycles. The standard InChI is InChI=1S/C16H24BNO2/c1-12(2)7-8-13-9-14(11-18-10-13)17-19-15(3,4)16(5,6)20-17/h7-12H,1-6H3/b8-7+. The lowest BCUT2D eigenvalue weighted by molar-refractivity contribution is 0.00578. The lowest BCUT2D eigenvalue weighted by atomic mass is 9.80. The van der Waals surface area contributed by atoms with Crippen molar-refractivity contribution in [2.24, 2.45) is 5.92 Å². The molecule has 20 heavy (non-hydrogen) atoms. The van der Waals surface area contributed by atoms with E-state index in [1.165, 1.54) is 0 Å². The van der Waals surface area contributed by atoms with Gasteiger partial charge in [-0.25, -0.2) is 0 Å². The topological polar surface area (TPSA) is 31.4 Å². The van der Waals surface area contributed by atoms with E-state index >= 15 is 0 Å². The Morgan fingerprint density at radius 3 is 2.25 bits per heavy atom. The molecule has 0 amide bonds. The van der Waals surface area contributed by atoms with Crippen LogP contribution >= 0.6 is 0 Å². The van der Waals surface area contributed by atoms with Gasteiger partial charge in [0, 0.05) is 17.9 Å². The molecule has 0 radical (unpaired) electrons. The summed E-state index contributed by atoms with van der Waals surface area (Å²) in [7, 11) is -0.347. The van der Waals surface area contributed by atoms with Crippen LogP contribution in [0.4, 0.5) is 0 Å². The maximum atomic E-state index is 6.04. The van der Waals surface area contributed by atoms with Gasteiger partial charge >= 0.3 is 7.12 Å². The molecule has 2 heterocycles. The van der Waals surface area contributed by atoms with Crippen LogP contribution in [0.3, 0.4) is 0 Å². The highest BCUT2D eigenvalue weighted by atomic mass is 16.7. The van der Waals surface area contributed by atoms with Crippen LogP contribution in [0.2, 0.25) is 0 Å². The highest BCUT2D eigenvalue weighted by Crippen LogP contribution is 2.36. The van der Waals surface area contributed by atoms with Gasteiger partial charge in [0.05, 0.1) is 11.2 Å². The molecule has 0 unspecified atom stereocenters. The summed E-state index contributed by atoms with van der Waals surface area (Å²) in [5.41, 5.74) is 1.41. The third-order valence-electron chi connectivity index (χ3n) is 3.98. The van der Waals surface area contributed by atoms with Crippen molar-refractivity contribution in [3.05, 3.63) is 30.1 Å². The molecule has 3 nitrogen and oxygen atoms in total. The lowest BCUT2D eigenvalue weighted by Gasteiger charge is -2.32. The fourth-order valence-corrected chi connectivity index (χ4v) is 1.98. The molecule has 0 saturated carbocycles. The van der Waals surface area contributed by atoms with Gasteiger partial charge in [-0.1, -0.05) is 32.1 Å². The first-order valence-corrected chi connectivity index (χ1v) is 7.20. The normalized spacial score (nSPS) is 21.1. The molecule has 4 heteroatoms. The second-order valence-electron chi connectivity index (χ2n) is 6.74. The smallest absolute Gasteiger partial charge is 0.399 e. The molecule has 1 aliphatic rings. The minimum absolute atomic E-state index is 0.318. The Hall–Kier alpha value is -1.13. The van der Waals surface area contributed by atoms with E-state index in [1.54, 1.807) is 0 Å². The van der Waals surface area contributed by atoms with Gasteiger partial charge in [-0.05, 0) is 39.2 Å². The molecule has 0 bridgehead atoms. The summed E-state index contributed by atoms with van der Waals surface area (Å²) in [5.74, 6) is 0.524. The van der Waals surface area contributed by atoms with Gasteiger partial charge in [-0.2, -0.15) is 0 Å². The maximum absolute atomic E-state index is 6.04. The van der Waals surface area contributed by atoms with Crippen LogP contribution in [0.25, 0.3) is 6.08 Å². The van der Waals surface area contributed by atoms with Gasteiger partial charge in [-0.15, -0.1) is 0 Å². The third-order valence-corrected chi connectivity index (χ3v) is 3.98. The van der Waals surface area contributed by atoms with Gasteiger partial charge in [0.1, 0.15) is 0 Å². The largest absolute Gasteiger partial charge is 0.496 e. The number of hydrogen-bond acceptors (Lipinski definition) is 3. The third kappa shape index (κ3) is 3.13. The van der Waals surface area contributed by atoms with Crippen molar-refractivity contribution in [1.29, 1.82) is 0 Å². The zero-order chi connectivity index (χ0) is 15.0. The van der Waals surface area contributed by atoms with E-state index in [9.17, 15) is 0 Å². The Balaban J connectivity index is 2.21. The van der Waals surface area contributed by atoms with E-state index in [4.69, 9.17) is 9.31 Å². The molecule has 0 spiro atoms. The Labute approximate surface area is 122 Å². The molecule has 0 N–H and O–H groups in total. The summed E-state index contributed by atoms with van der Waals surface area (Å²) in [6, 6.07) is 2.08. The Kier molecular flexibility index (Phi) is 4.08. The van der Waals surface area contributed by atoms with Crippen molar-refractivity contribution in [2.75, 3.05) is 0 Å². The van der Waals surface area contributed by atoms with Crippen LogP contribution < -0.4 is 5.46 Å². The van der Waals surface area contributed by atoms with Gasteiger partial charge < -0.3 is 9.31 Å². The molecule has 2 rings (SSSR count). The quantitative estimate of drug-likeness (QED) is 0.793. The van der Waals surface area contributed by atoms with Crippen molar-refractivity contribution in [2.45, 2.75) is 52.7 Å². The Bertz CT molecular complexity index is 493. The number of hydrogen-bond donors (Lipinski definition) is 0. The van der Waals surface area contributed by atoms with Gasteiger partial charge in [0.15, 0.2) is 0 Å². The summed E-state index contributed by atoms with van der Waals surface area (Å²) >= 11 is 0. The van der Waals surface area contributed by atoms with Gasteiger partial charge in [0.2, 0.25) is 0 Å². The number of pyridine rings is 1. The number of nitrogens with zero attached hydrogens (tertiary/aromatic N) is 1. The molecule has 1 fully saturated rings. The Morgan fingerprint density at radius 2 is 1.70 bits per heavy atom. The van der Waals surface area contributed by atoms with Gasteiger partial charge in [0.25, 0.3) is 0 Å². The van der Waals surface area contributed by atoms with E-state index in [-0.39, 0.29) is 18.3 Å². The van der Waals surface area contributed by atoms with Crippen molar-refractivity contribution < 1.29 is 9.31 Å². The monoisotopic (exact) mass is 273 g/mol. The van der Waals surface area contributed by atoms with Crippen LogP contribution in [0.1, 0.15) is 47.1 Å². The van der Waals surface area contributed by atoms with Gasteiger partial charge in [-0.3, -0.25) is 4.98 Å². The summed E-state index contributed by atoms with van der Waals surface area (Å²) in [4.78, 5) is 4.29. The molecular formula is C16H24BNO2. The zero-order valence-corrected chi connectivity index (χ0v) is 13.3. The average molecular weight is 273 g/mol. The first-order valence-electron chi connectivity index (χ1n) is 7.20. The van der Waals surface area contributed by atoms with Crippen molar-refractivity contribution >= 4 is 18.7 Å². The lowest BCUT2D eigenvalue weighted by Crippen LogP contribution is -2.41. The van der Waals surface area contributed by atoms with Crippen LogP contribution in [-0.4, -0.2) is 23.3 Å². The summed E-state index contributed by atoms with van der Waals surface area (Å²) in [5, 5.41) is 0. The molecule has 0 aromatic carbocycles. The van der Waals surface area contributed by atoms with E-state index in [2.05, 4.69) is 64.7 Å². The minimum atomic E-state index is -0.347. The van der Waals surface area contributed by atoms with Crippen molar-refractivity contribution in [3.8, 4) is 0 Å². The van der Waals surface area contributed by atoms with Crippen LogP contribution in [0.15, 0.2) is 24.5 Å². The summed E-state index contributed by atoms with van der Waals surface area (Å²) < 4.78 is 12.1. The predicted molar refractivity (Wildman–Crippen MR) is 83.8 cm³/mol. The molecule has 1 aliphatic heterocycles. The number of aromatic nitrogens is 1. The second-order valence-corrected chi connectivity index (χ2v) is 6.74. The zero-order valence-electron chi connectivity index (χ0n) is 13.3. The molecule has 0 atom stereocenters. The predicted octanol–water partition coefficient (Wildman–Crippen LogP) is 3.05. The first-order chi connectivity index (χ1) is 9.21. The molecular weight excluding hydrogens is 249 g/mol. The van der Waals surface area contributed by atoms with E-state index in [1.807, 2.05) is 12.4 Å². The average Bonchev–Trinajstić information content (AvgIpc) is 2.56. The van der Waals surface area contributed by atoms with Crippen LogP contribution in [-0.2, 0) is 9.31 Å². The maximum Gasteiger partial charge on any atom is 0.496 e. The number of allylic oxidation sites excluding steroid dienone is 1. The summed E-state index contributed by atoms with van der Waals surface area (Å²) in [6.45, 7) is 12.5. The molecule has 108 valence electrons. The highest BCUT2D eigenvalue weighted by Gasteiger charge is 2.51.